The predicted molar refractivity (Wildman–Crippen MR) is 71.0 cm³/mol. The summed E-state index contributed by atoms with van der Waals surface area (Å²) in [6, 6.07) is -1.32. The van der Waals surface area contributed by atoms with Crippen LogP contribution in [0.1, 0.15) is 32.6 Å². The van der Waals surface area contributed by atoms with Crippen LogP contribution in [0.4, 0.5) is 4.79 Å². The minimum Gasteiger partial charge on any atom is -0.480 e. The molecule has 0 bridgehead atoms. The molecule has 1 fully saturated rings. The van der Waals surface area contributed by atoms with E-state index in [1.807, 2.05) is 0 Å². The van der Waals surface area contributed by atoms with Gasteiger partial charge in [-0.2, -0.15) is 0 Å². The maximum Gasteiger partial charge on any atom is 0.326 e. The number of ether oxygens (including phenoxy) is 1. The largest absolute Gasteiger partial charge is 0.480 e. The topological polar surface area (TPSA) is 87.7 Å². The highest BCUT2D eigenvalue weighted by Gasteiger charge is 2.24. The van der Waals surface area contributed by atoms with Gasteiger partial charge in [-0.05, 0) is 18.3 Å². The first-order valence-corrected chi connectivity index (χ1v) is 6.80. The fourth-order valence-corrected chi connectivity index (χ4v) is 2.45. The minimum absolute atomic E-state index is 0.263. The Kier molecular flexibility index (Phi) is 6.62. The maximum absolute atomic E-state index is 11.7. The highest BCUT2D eigenvalue weighted by Crippen LogP contribution is 2.30. The summed E-state index contributed by atoms with van der Waals surface area (Å²) in [6.45, 7) is 3.11. The van der Waals surface area contributed by atoms with E-state index in [0.29, 0.717) is 25.0 Å². The van der Waals surface area contributed by atoms with Crippen LogP contribution in [-0.4, -0.2) is 43.4 Å². The number of methoxy groups -OCH3 is 1. The van der Waals surface area contributed by atoms with Crippen LogP contribution in [-0.2, 0) is 9.53 Å². The molecule has 3 unspecified atom stereocenters. The van der Waals surface area contributed by atoms with Crippen molar-refractivity contribution in [3.8, 4) is 0 Å². The number of carbonyl (C=O) groups excluding carboxylic acids is 1. The molecule has 1 saturated carbocycles. The summed E-state index contributed by atoms with van der Waals surface area (Å²) in [7, 11) is 1.50. The molecule has 0 saturated heterocycles. The third-order valence-electron chi connectivity index (χ3n) is 3.78. The molecule has 6 heteroatoms. The van der Waals surface area contributed by atoms with Crippen LogP contribution in [0.5, 0.6) is 0 Å². The molecule has 3 N–H and O–H groups in total. The Labute approximate surface area is 113 Å². The van der Waals surface area contributed by atoms with Crippen molar-refractivity contribution in [1.82, 2.24) is 10.6 Å². The van der Waals surface area contributed by atoms with Crippen molar-refractivity contribution in [2.45, 2.75) is 38.6 Å². The molecule has 0 heterocycles. The molecule has 0 radical (unpaired) electrons. The van der Waals surface area contributed by atoms with Crippen LogP contribution < -0.4 is 10.6 Å². The van der Waals surface area contributed by atoms with E-state index in [2.05, 4.69) is 17.6 Å². The van der Waals surface area contributed by atoms with Gasteiger partial charge in [0.1, 0.15) is 6.04 Å². The summed E-state index contributed by atoms with van der Waals surface area (Å²) in [5, 5.41) is 14.2. The number of hydrogen-bond donors (Lipinski definition) is 3. The summed E-state index contributed by atoms with van der Waals surface area (Å²) in [5.41, 5.74) is 0. The second kappa shape index (κ2) is 7.99. The van der Waals surface area contributed by atoms with Crippen molar-refractivity contribution >= 4 is 12.0 Å². The van der Waals surface area contributed by atoms with Gasteiger partial charge in [-0.1, -0.05) is 19.8 Å². The molecule has 0 aromatic carbocycles. The number of hydrogen-bond acceptors (Lipinski definition) is 3. The molecule has 0 aromatic rings. The van der Waals surface area contributed by atoms with Gasteiger partial charge in [0.05, 0.1) is 0 Å². The van der Waals surface area contributed by atoms with Crippen LogP contribution in [0, 0.1) is 11.8 Å². The number of urea groups is 1. The second-order valence-electron chi connectivity index (χ2n) is 5.19. The average Bonchev–Trinajstić information content (AvgIpc) is 2.77. The van der Waals surface area contributed by atoms with Crippen LogP contribution in [0.25, 0.3) is 0 Å². The van der Waals surface area contributed by atoms with Gasteiger partial charge >= 0.3 is 12.0 Å². The van der Waals surface area contributed by atoms with E-state index < -0.39 is 18.0 Å². The van der Waals surface area contributed by atoms with Gasteiger partial charge in [0.15, 0.2) is 0 Å². The van der Waals surface area contributed by atoms with Crippen LogP contribution in [0.3, 0.4) is 0 Å². The zero-order valence-electron chi connectivity index (χ0n) is 11.6. The summed E-state index contributed by atoms with van der Waals surface area (Å²) in [4.78, 5) is 22.6. The Morgan fingerprint density at radius 1 is 1.42 bits per heavy atom. The van der Waals surface area contributed by atoms with Crippen molar-refractivity contribution in [2.75, 3.05) is 20.3 Å². The molecule has 3 atom stereocenters. The van der Waals surface area contributed by atoms with Gasteiger partial charge in [0.25, 0.3) is 0 Å². The summed E-state index contributed by atoms with van der Waals surface area (Å²) >= 11 is 0. The Hall–Kier alpha value is -1.30. The van der Waals surface area contributed by atoms with E-state index >= 15 is 0 Å². The lowest BCUT2D eigenvalue weighted by Gasteiger charge is -2.18. The molecule has 0 aliphatic heterocycles. The van der Waals surface area contributed by atoms with E-state index in [9.17, 15) is 9.59 Å². The fourth-order valence-electron chi connectivity index (χ4n) is 2.45. The Balaban J connectivity index is 2.29. The fraction of sp³-hybridized carbons (Fsp3) is 0.846. The van der Waals surface area contributed by atoms with Crippen molar-refractivity contribution < 1.29 is 19.4 Å². The highest BCUT2D eigenvalue weighted by molar-refractivity contribution is 5.82. The van der Waals surface area contributed by atoms with E-state index in [1.165, 1.54) is 20.0 Å². The number of carboxylic acid groups (broad SMARTS) is 1. The molecule has 0 aromatic heterocycles. The lowest BCUT2D eigenvalue weighted by molar-refractivity contribution is -0.139. The normalized spacial score (nSPS) is 23.9. The van der Waals surface area contributed by atoms with Gasteiger partial charge in [0, 0.05) is 26.7 Å². The van der Waals surface area contributed by atoms with Gasteiger partial charge in [-0.15, -0.1) is 0 Å². The van der Waals surface area contributed by atoms with Crippen LogP contribution in [0.15, 0.2) is 0 Å². The number of carbonyl (C=O) groups is 2. The van der Waals surface area contributed by atoms with Crippen LogP contribution in [0.2, 0.25) is 0 Å². The average molecular weight is 272 g/mol. The SMILES string of the molecule is COCCC(NC(=O)NCC1CCCC1C)C(=O)O. The van der Waals surface area contributed by atoms with Gasteiger partial charge in [-0.25, -0.2) is 9.59 Å². The maximum atomic E-state index is 11.7. The molecule has 6 nitrogen and oxygen atoms in total. The van der Waals surface area contributed by atoms with Gasteiger partial charge < -0.3 is 20.5 Å². The number of nitrogens with one attached hydrogen (secondary N) is 2. The quantitative estimate of drug-likeness (QED) is 0.650. The van der Waals surface area contributed by atoms with E-state index in [-0.39, 0.29) is 6.42 Å². The molecule has 0 spiro atoms. The molecule has 1 aliphatic rings. The molecule has 1 rings (SSSR count). The van der Waals surface area contributed by atoms with Crippen molar-refractivity contribution in [3.63, 3.8) is 0 Å². The Bertz CT molecular complexity index is 309. The minimum atomic E-state index is -1.04. The Morgan fingerprint density at radius 2 is 2.16 bits per heavy atom. The zero-order valence-corrected chi connectivity index (χ0v) is 11.6. The number of rotatable bonds is 7. The third kappa shape index (κ3) is 5.46. The first-order chi connectivity index (χ1) is 9.04. The van der Waals surface area contributed by atoms with Gasteiger partial charge in [-0.3, -0.25) is 0 Å². The standard InChI is InChI=1S/C13H24N2O4/c1-9-4-3-5-10(9)8-14-13(18)15-11(12(16)17)6-7-19-2/h9-11H,3-8H2,1-2H3,(H,16,17)(H2,14,15,18). The predicted octanol–water partition coefficient (Wildman–Crippen LogP) is 1.21. The summed E-state index contributed by atoms with van der Waals surface area (Å²) < 4.78 is 4.82. The summed E-state index contributed by atoms with van der Waals surface area (Å²) in [6.07, 6.45) is 3.81. The zero-order chi connectivity index (χ0) is 14.3. The monoisotopic (exact) mass is 272 g/mol. The van der Waals surface area contributed by atoms with E-state index in [0.717, 1.165) is 6.42 Å². The molecule has 1 aliphatic carbocycles. The first kappa shape index (κ1) is 15.8. The number of amides is 2. The van der Waals surface area contributed by atoms with Crippen molar-refractivity contribution in [2.24, 2.45) is 11.8 Å². The molecular formula is C13H24N2O4. The highest BCUT2D eigenvalue weighted by atomic mass is 16.5. The van der Waals surface area contributed by atoms with Crippen LogP contribution >= 0.6 is 0 Å². The molecule has 19 heavy (non-hydrogen) atoms. The van der Waals surface area contributed by atoms with Crippen molar-refractivity contribution in [3.05, 3.63) is 0 Å². The number of carboxylic acids is 1. The van der Waals surface area contributed by atoms with E-state index in [4.69, 9.17) is 9.84 Å². The first-order valence-electron chi connectivity index (χ1n) is 6.80. The lowest BCUT2D eigenvalue weighted by atomic mass is 9.98. The Morgan fingerprint density at radius 3 is 2.68 bits per heavy atom. The van der Waals surface area contributed by atoms with Gasteiger partial charge in [0.2, 0.25) is 0 Å². The van der Waals surface area contributed by atoms with E-state index in [1.54, 1.807) is 0 Å². The molecule has 2 amide bonds. The number of aliphatic carboxylic acids is 1. The smallest absolute Gasteiger partial charge is 0.326 e. The summed E-state index contributed by atoms with van der Waals surface area (Å²) in [5.74, 6) is 0.0958. The molecule has 110 valence electrons. The second-order valence-corrected chi connectivity index (χ2v) is 5.19. The lowest BCUT2D eigenvalue weighted by Crippen LogP contribution is -2.47. The molecular weight excluding hydrogens is 248 g/mol. The third-order valence-corrected chi connectivity index (χ3v) is 3.78. The van der Waals surface area contributed by atoms with Crippen molar-refractivity contribution in [1.29, 1.82) is 0 Å².